The molecule has 5 heteroatoms. The molecule has 104 valence electrons. The molecule has 0 unspecified atom stereocenters. The molecule has 4 nitrogen and oxygen atoms in total. The van der Waals surface area contributed by atoms with Crippen LogP contribution in [-0.2, 0) is 0 Å². The van der Waals surface area contributed by atoms with E-state index in [2.05, 4.69) is 10.6 Å². The van der Waals surface area contributed by atoms with Crippen LogP contribution >= 0.6 is 22.6 Å². The summed E-state index contributed by atoms with van der Waals surface area (Å²) < 4.78 is 0.677. The first kappa shape index (κ1) is 15.9. The van der Waals surface area contributed by atoms with Crippen LogP contribution in [0.15, 0.2) is 18.2 Å². The van der Waals surface area contributed by atoms with Gasteiger partial charge in [-0.1, -0.05) is 6.07 Å². The van der Waals surface area contributed by atoms with Gasteiger partial charge in [0.15, 0.2) is 0 Å². The third kappa shape index (κ3) is 4.49. The molecule has 0 heterocycles. The molecule has 0 saturated heterocycles. The molecule has 0 spiro atoms. The van der Waals surface area contributed by atoms with Crippen LogP contribution in [0.2, 0.25) is 0 Å². The monoisotopic (exact) mass is 374 g/mol. The minimum absolute atomic E-state index is 0.0662. The summed E-state index contributed by atoms with van der Waals surface area (Å²) in [5.41, 5.74) is 1.07. The topological polar surface area (TPSA) is 58.2 Å². The van der Waals surface area contributed by atoms with Crippen molar-refractivity contribution in [3.05, 3.63) is 32.9 Å². The molecular formula is C14H19IN2O2. The van der Waals surface area contributed by atoms with Crippen molar-refractivity contribution in [3.8, 4) is 0 Å². The number of hydrogen-bond acceptors (Lipinski definition) is 2. The van der Waals surface area contributed by atoms with E-state index in [4.69, 9.17) is 0 Å². The van der Waals surface area contributed by atoms with Crippen LogP contribution in [0.3, 0.4) is 0 Å². The molecule has 2 amide bonds. The van der Waals surface area contributed by atoms with Crippen molar-refractivity contribution >= 4 is 34.4 Å². The smallest absolute Gasteiger partial charge is 0.252 e. The summed E-state index contributed by atoms with van der Waals surface area (Å²) in [6.07, 6.45) is 0. The van der Waals surface area contributed by atoms with Crippen LogP contribution in [0, 0.1) is 3.57 Å². The molecule has 0 fully saturated rings. The van der Waals surface area contributed by atoms with Gasteiger partial charge in [-0.25, -0.2) is 0 Å². The fourth-order valence-corrected chi connectivity index (χ4v) is 2.41. The van der Waals surface area contributed by atoms with Gasteiger partial charge < -0.3 is 10.6 Å². The van der Waals surface area contributed by atoms with E-state index < -0.39 is 0 Å². The lowest BCUT2D eigenvalue weighted by molar-refractivity contribution is 0.0942. The van der Waals surface area contributed by atoms with Gasteiger partial charge in [-0.3, -0.25) is 9.59 Å². The SMILES string of the molecule is CC(C)NC(=O)c1cccc(C(=O)NC(C)C)c1I. The van der Waals surface area contributed by atoms with Gasteiger partial charge in [-0.15, -0.1) is 0 Å². The van der Waals surface area contributed by atoms with Crippen LogP contribution < -0.4 is 10.6 Å². The quantitative estimate of drug-likeness (QED) is 0.796. The van der Waals surface area contributed by atoms with Crippen molar-refractivity contribution in [1.29, 1.82) is 0 Å². The van der Waals surface area contributed by atoms with Gasteiger partial charge in [0, 0.05) is 15.7 Å². The fourth-order valence-electron chi connectivity index (χ4n) is 1.56. The number of rotatable bonds is 4. The van der Waals surface area contributed by atoms with Gasteiger partial charge in [0.25, 0.3) is 11.8 Å². The zero-order valence-electron chi connectivity index (χ0n) is 11.6. The fraction of sp³-hybridized carbons (Fsp3) is 0.429. The molecule has 19 heavy (non-hydrogen) atoms. The maximum Gasteiger partial charge on any atom is 0.252 e. The Kier molecular flexibility index (Phi) is 5.78. The first-order valence-corrected chi connectivity index (χ1v) is 7.31. The molecule has 0 aromatic heterocycles. The van der Waals surface area contributed by atoms with Crippen molar-refractivity contribution in [1.82, 2.24) is 10.6 Å². The summed E-state index contributed by atoms with van der Waals surface area (Å²) >= 11 is 2.04. The molecule has 0 bridgehead atoms. The van der Waals surface area contributed by atoms with E-state index in [1.807, 2.05) is 50.3 Å². The number of carbonyl (C=O) groups excluding carboxylic acids is 2. The normalized spacial score (nSPS) is 10.7. The van der Waals surface area contributed by atoms with Crippen LogP contribution in [-0.4, -0.2) is 23.9 Å². The minimum Gasteiger partial charge on any atom is -0.350 e. The minimum atomic E-state index is -0.154. The van der Waals surface area contributed by atoms with E-state index in [0.717, 1.165) is 0 Å². The van der Waals surface area contributed by atoms with Crippen molar-refractivity contribution in [2.24, 2.45) is 0 Å². The zero-order valence-corrected chi connectivity index (χ0v) is 13.7. The number of carbonyl (C=O) groups is 2. The van der Waals surface area contributed by atoms with Crippen LogP contribution in [0.5, 0.6) is 0 Å². The Morgan fingerprint density at radius 2 is 1.32 bits per heavy atom. The first-order valence-electron chi connectivity index (χ1n) is 6.23. The second kappa shape index (κ2) is 6.88. The highest BCUT2D eigenvalue weighted by Crippen LogP contribution is 2.18. The van der Waals surface area contributed by atoms with Gasteiger partial charge in [0.05, 0.1) is 11.1 Å². The highest BCUT2D eigenvalue weighted by molar-refractivity contribution is 14.1. The van der Waals surface area contributed by atoms with Gasteiger partial charge in [0.1, 0.15) is 0 Å². The third-order valence-corrected chi connectivity index (χ3v) is 3.49. The summed E-state index contributed by atoms with van der Waals surface area (Å²) in [6.45, 7) is 7.61. The van der Waals surface area contributed by atoms with Crippen molar-refractivity contribution in [2.45, 2.75) is 39.8 Å². The van der Waals surface area contributed by atoms with E-state index in [1.54, 1.807) is 18.2 Å². The Balaban J connectivity index is 3.04. The second-order valence-corrected chi connectivity index (χ2v) is 6.00. The predicted molar refractivity (Wildman–Crippen MR) is 84.4 cm³/mol. The Bertz CT molecular complexity index is 444. The second-order valence-electron chi connectivity index (χ2n) is 4.92. The Morgan fingerprint density at radius 1 is 0.947 bits per heavy atom. The summed E-state index contributed by atoms with van der Waals surface area (Å²) in [5.74, 6) is -0.308. The van der Waals surface area contributed by atoms with E-state index in [0.29, 0.717) is 14.7 Å². The lowest BCUT2D eigenvalue weighted by atomic mass is 10.1. The van der Waals surface area contributed by atoms with Gasteiger partial charge >= 0.3 is 0 Å². The standard InChI is InChI=1S/C14H19IN2O2/c1-8(2)16-13(18)10-6-5-7-11(12(10)15)14(19)17-9(3)4/h5-9H,1-4H3,(H,16,18)(H,17,19). The van der Waals surface area contributed by atoms with Gasteiger partial charge in [0.2, 0.25) is 0 Å². The van der Waals surface area contributed by atoms with Gasteiger partial charge in [-0.05, 0) is 62.4 Å². The molecular weight excluding hydrogens is 355 g/mol. The van der Waals surface area contributed by atoms with Crippen molar-refractivity contribution in [3.63, 3.8) is 0 Å². The number of amides is 2. The highest BCUT2D eigenvalue weighted by Gasteiger charge is 2.17. The number of hydrogen-bond donors (Lipinski definition) is 2. The zero-order chi connectivity index (χ0) is 14.6. The summed E-state index contributed by atoms with van der Waals surface area (Å²) in [7, 11) is 0. The average molecular weight is 374 g/mol. The van der Waals surface area contributed by atoms with Crippen LogP contribution in [0.25, 0.3) is 0 Å². The maximum absolute atomic E-state index is 12.0. The maximum atomic E-state index is 12.0. The molecule has 0 radical (unpaired) electrons. The molecule has 1 rings (SSSR count). The largest absolute Gasteiger partial charge is 0.350 e. The molecule has 0 aliphatic carbocycles. The molecule has 0 saturated carbocycles. The summed E-state index contributed by atoms with van der Waals surface area (Å²) in [4.78, 5) is 24.1. The Morgan fingerprint density at radius 3 is 1.63 bits per heavy atom. The van der Waals surface area contributed by atoms with E-state index in [9.17, 15) is 9.59 Å². The highest BCUT2D eigenvalue weighted by atomic mass is 127. The molecule has 0 aliphatic heterocycles. The molecule has 0 atom stereocenters. The number of benzene rings is 1. The van der Waals surface area contributed by atoms with Gasteiger partial charge in [-0.2, -0.15) is 0 Å². The number of halogens is 1. The molecule has 0 aliphatic rings. The molecule has 1 aromatic carbocycles. The van der Waals surface area contributed by atoms with Crippen molar-refractivity contribution in [2.75, 3.05) is 0 Å². The predicted octanol–water partition coefficient (Wildman–Crippen LogP) is 2.57. The van der Waals surface area contributed by atoms with E-state index in [1.165, 1.54) is 0 Å². The summed E-state index contributed by atoms with van der Waals surface area (Å²) in [5, 5.41) is 5.66. The Labute approximate surface area is 127 Å². The number of nitrogens with one attached hydrogen (secondary N) is 2. The average Bonchev–Trinajstić information content (AvgIpc) is 2.26. The van der Waals surface area contributed by atoms with Crippen LogP contribution in [0.4, 0.5) is 0 Å². The third-order valence-electron chi connectivity index (χ3n) is 2.33. The Hall–Kier alpha value is -1.11. The first-order chi connectivity index (χ1) is 8.82. The van der Waals surface area contributed by atoms with E-state index in [-0.39, 0.29) is 23.9 Å². The molecule has 1 aromatic rings. The summed E-state index contributed by atoms with van der Waals surface area (Å²) in [6, 6.07) is 5.32. The van der Waals surface area contributed by atoms with E-state index >= 15 is 0 Å². The van der Waals surface area contributed by atoms with Crippen LogP contribution in [0.1, 0.15) is 48.4 Å². The lowest BCUT2D eigenvalue weighted by Gasteiger charge is -2.13. The molecule has 2 N–H and O–H groups in total. The van der Waals surface area contributed by atoms with Crippen molar-refractivity contribution < 1.29 is 9.59 Å². The lowest BCUT2D eigenvalue weighted by Crippen LogP contribution is -2.33.